The van der Waals surface area contributed by atoms with Crippen molar-refractivity contribution in [2.75, 3.05) is 27.4 Å². The highest BCUT2D eigenvalue weighted by Gasteiger charge is 2.15. The van der Waals surface area contributed by atoms with Crippen molar-refractivity contribution in [2.24, 2.45) is 0 Å². The van der Waals surface area contributed by atoms with Gasteiger partial charge >= 0.3 is 0 Å². The molecular weight excluding hydrogens is 406 g/mol. The van der Waals surface area contributed by atoms with Crippen molar-refractivity contribution in [1.82, 2.24) is 5.32 Å². The zero-order valence-corrected chi connectivity index (χ0v) is 18.7. The maximum Gasteiger partial charge on any atom is 0.251 e. The Labute approximate surface area is 189 Å². The predicted molar refractivity (Wildman–Crippen MR) is 123 cm³/mol. The van der Waals surface area contributed by atoms with Crippen LogP contribution in [-0.4, -0.2) is 33.3 Å². The van der Waals surface area contributed by atoms with Crippen molar-refractivity contribution in [2.45, 2.75) is 19.6 Å². The number of benzene rings is 3. The molecule has 6 nitrogen and oxygen atoms in total. The number of rotatable bonds is 11. The number of nitrogens with one attached hydrogen (secondary N) is 1. The van der Waals surface area contributed by atoms with Crippen LogP contribution >= 0.6 is 0 Å². The molecule has 3 aromatic carbocycles. The van der Waals surface area contributed by atoms with Crippen LogP contribution in [0.15, 0.2) is 72.8 Å². The summed E-state index contributed by atoms with van der Waals surface area (Å²) in [6, 6.07) is 22.5. The Morgan fingerprint density at radius 2 is 1.69 bits per heavy atom. The second-order valence-corrected chi connectivity index (χ2v) is 7.25. The predicted octanol–water partition coefficient (Wildman–Crippen LogP) is 4.79. The van der Waals surface area contributed by atoms with Gasteiger partial charge in [0.25, 0.3) is 5.91 Å². The second-order valence-electron chi connectivity index (χ2n) is 7.25. The minimum Gasteiger partial charge on any atom is -0.493 e. The Morgan fingerprint density at radius 1 is 0.875 bits per heavy atom. The second kappa shape index (κ2) is 11.8. The molecule has 6 heteroatoms. The molecule has 0 saturated heterocycles. The molecule has 168 valence electrons. The maximum absolute atomic E-state index is 12.8. The van der Waals surface area contributed by atoms with Gasteiger partial charge in [-0.05, 0) is 48.4 Å². The van der Waals surface area contributed by atoms with Gasteiger partial charge in [-0.25, -0.2) is 0 Å². The van der Waals surface area contributed by atoms with Gasteiger partial charge in [0, 0.05) is 12.7 Å². The molecule has 0 radical (unpaired) electrons. The van der Waals surface area contributed by atoms with E-state index in [4.69, 9.17) is 18.9 Å². The van der Waals surface area contributed by atoms with E-state index >= 15 is 0 Å². The summed E-state index contributed by atoms with van der Waals surface area (Å²) in [5, 5.41) is 3.03. The van der Waals surface area contributed by atoms with Crippen molar-refractivity contribution in [3.05, 3.63) is 89.5 Å². The minimum absolute atomic E-state index is 0.179. The fraction of sp³-hybridized carbons (Fsp3) is 0.269. The highest BCUT2D eigenvalue weighted by Crippen LogP contribution is 2.30. The SMILES string of the molecule is COCCOc1ccc(C(C)NC(=O)c2cccc(OCc3ccccc3)c2)cc1OC. The molecule has 0 saturated carbocycles. The summed E-state index contributed by atoms with van der Waals surface area (Å²) in [7, 11) is 3.21. The summed E-state index contributed by atoms with van der Waals surface area (Å²) in [6.45, 7) is 3.29. The van der Waals surface area contributed by atoms with Gasteiger partial charge < -0.3 is 24.3 Å². The van der Waals surface area contributed by atoms with Crippen molar-refractivity contribution in [1.29, 1.82) is 0 Å². The van der Waals surface area contributed by atoms with Gasteiger partial charge in [0.1, 0.15) is 19.0 Å². The van der Waals surface area contributed by atoms with Gasteiger partial charge in [0.15, 0.2) is 11.5 Å². The van der Waals surface area contributed by atoms with Crippen LogP contribution in [0.3, 0.4) is 0 Å². The van der Waals surface area contributed by atoms with Crippen LogP contribution in [0.4, 0.5) is 0 Å². The topological polar surface area (TPSA) is 66.0 Å². The number of carbonyl (C=O) groups is 1. The molecule has 0 aromatic heterocycles. The van der Waals surface area contributed by atoms with E-state index in [1.54, 1.807) is 26.4 Å². The third-order valence-corrected chi connectivity index (χ3v) is 4.92. The molecule has 32 heavy (non-hydrogen) atoms. The Kier molecular flexibility index (Phi) is 8.52. The lowest BCUT2D eigenvalue weighted by atomic mass is 10.1. The summed E-state index contributed by atoms with van der Waals surface area (Å²) in [5.74, 6) is 1.71. The maximum atomic E-state index is 12.8. The van der Waals surface area contributed by atoms with E-state index in [1.165, 1.54) is 0 Å². The minimum atomic E-state index is -0.224. The normalized spacial score (nSPS) is 11.5. The lowest BCUT2D eigenvalue weighted by Crippen LogP contribution is -2.26. The fourth-order valence-corrected chi connectivity index (χ4v) is 3.14. The van der Waals surface area contributed by atoms with Gasteiger partial charge in [-0.3, -0.25) is 4.79 Å². The van der Waals surface area contributed by atoms with E-state index in [1.807, 2.05) is 67.6 Å². The van der Waals surface area contributed by atoms with Crippen LogP contribution in [0.2, 0.25) is 0 Å². The molecule has 0 fully saturated rings. The molecule has 0 aliphatic carbocycles. The van der Waals surface area contributed by atoms with Crippen LogP contribution in [0, 0.1) is 0 Å². The number of ether oxygens (including phenoxy) is 4. The summed E-state index contributed by atoms with van der Waals surface area (Å²) in [4.78, 5) is 12.8. The van der Waals surface area contributed by atoms with Crippen LogP contribution < -0.4 is 19.5 Å². The highest BCUT2D eigenvalue weighted by atomic mass is 16.5. The van der Waals surface area contributed by atoms with E-state index in [-0.39, 0.29) is 11.9 Å². The molecule has 1 amide bonds. The molecule has 0 aliphatic heterocycles. The molecule has 1 atom stereocenters. The van der Waals surface area contributed by atoms with Gasteiger partial charge in [-0.15, -0.1) is 0 Å². The summed E-state index contributed by atoms with van der Waals surface area (Å²) in [6.07, 6.45) is 0. The van der Waals surface area contributed by atoms with E-state index in [2.05, 4.69) is 5.32 Å². The quantitative estimate of drug-likeness (QED) is 0.439. The number of hydrogen-bond donors (Lipinski definition) is 1. The van der Waals surface area contributed by atoms with E-state index in [0.29, 0.717) is 42.6 Å². The molecule has 3 rings (SSSR count). The van der Waals surface area contributed by atoms with Crippen LogP contribution in [0.25, 0.3) is 0 Å². The lowest BCUT2D eigenvalue weighted by molar-refractivity contribution is 0.0939. The Balaban J connectivity index is 1.62. The van der Waals surface area contributed by atoms with E-state index < -0.39 is 0 Å². The molecule has 0 heterocycles. The first kappa shape index (κ1) is 23.2. The standard InChI is InChI=1S/C26H29NO5/c1-19(21-12-13-24(25(17-21)30-3)31-15-14-29-2)27-26(28)22-10-7-11-23(16-22)32-18-20-8-5-4-6-9-20/h4-13,16-17,19H,14-15,18H2,1-3H3,(H,27,28). The first-order valence-electron chi connectivity index (χ1n) is 10.5. The first-order valence-corrected chi connectivity index (χ1v) is 10.5. The molecular formula is C26H29NO5. The molecule has 1 N–H and O–H groups in total. The van der Waals surface area contributed by atoms with Crippen LogP contribution in [0.5, 0.6) is 17.2 Å². The van der Waals surface area contributed by atoms with Crippen molar-refractivity contribution >= 4 is 5.91 Å². The average molecular weight is 436 g/mol. The number of carbonyl (C=O) groups excluding carboxylic acids is 1. The zero-order chi connectivity index (χ0) is 22.8. The lowest BCUT2D eigenvalue weighted by Gasteiger charge is -2.17. The third kappa shape index (κ3) is 6.49. The van der Waals surface area contributed by atoms with E-state index in [9.17, 15) is 4.79 Å². The summed E-state index contributed by atoms with van der Waals surface area (Å²) < 4.78 is 22.0. The molecule has 1 unspecified atom stereocenters. The number of hydrogen-bond acceptors (Lipinski definition) is 5. The van der Waals surface area contributed by atoms with Crippen molar-refractivity contribution in [3.8, 4) is 17.2 Å². The zero-order valence-electron chi connectivity index (χ0n) is 18.7. The van der Waals surface area contributed by atoms with Crippen molar-refractivity contribution < 1.29 is 23.7 Å². The summed E-state index contributed by atoms with van der Waals surface area (Å²) in [5.41, 5.74) is 2.51. The van der Waals surface area contributed by atoms with Crippen molar-refractivity contribution in [3.63, 3.8) is 0 Å². The average Bonchev–Trinajstić information content (AvgIpc) is 2.83. The van der Waals surface area contributed by atoms with Crippen LogP contribution in [-0.2, 0) is 11.3 Å². The van der Waals surface area contributed by atoms with E-state index in [0.717, 1.165) is 11.1 Å². The third-order valence-electron chi connectivity index (χ3n) is 4.92. The number of methoxy groups -OCH3 is 2. The monoisotopic (exact) mass is 435 g/mol. The van der Waals surface area contributed by atoms with Gasteiger partial charge in [-0.2, -0.15) is 0 Å². The molecule has 0 bridgehead atoms. The number of amides is 1. The van der Waals surface area contributed by atoms with Gasteiger partial charge in [0.2, 0.25) is 0 Å². The fourth-order valence-electron chi connectivity index (χ4n) is 3.14. The Bertz CT molecular complexity index is 1010. The molecule has 3 aromatic rings. The van der Waals surface area contributed by atoms with Crippen LogP contribution in [0.1, 0.15) is 34.5 Å². The van der Waals surface area contributed by atoms with Gasteiger partial charge in [-0.1, -0.05) is 42.5 Å². The molecule has 0 spiro atoms. The highest BCUT2D eigenvalue weighted by molar-refractivity contribution is 5.94. The largest absolute Gasteiger partial charge is 0.493 e. The summed E-state index contributed by atoms with van der Waals surface area (Å²) >= 11 is 0. The Hall–Kier alpha value is -3.51. The smallest absolute Gasteiger partial charge is 0.251 e. The first-order chi connectivity index (χ1) is 15.6. The van der Waals surface area contributed by atoms with Gasteiger partial charge in [0.05, 0.1) is 19.8 Å². The molecule has 0 aliphatic rings. The Morgan fingerprint density at radius 3 is 2.44 bits per heavy atom.